The molecule has 5 nitrogen and oxygen atoms in total. The van der Waals surface area contributed by atoms with Gasteiger partial charge in [-0.05, 0) is 25.5 Å². The molecule has 0 radical (unpaired) electrons. The topological polar surface area (TPSA) is 75.8 Å². The monoisotopic (exact) mass is 252 g/mol. The van der Waals surface area contributed by atoms with Crippen LogP contribution in [0.3, 0.4) is 0 Å². The van der Waals surface area contributed by atoms with E-state index in [9.17, 15) is 4.79 Å². The summed E-state index contributed by atoms with van der Waals surface area (Å²) in [6.07, 6.45) is 0.662. The molecule has 1 rings (SSSR count). The van der Waals surface area contributed by atoms with Crippen LogP contribution >= 0.6 is 0 Å². The zero-order valence-electron chi connectivity index (χ0n) is 10.8. The molecule has 1 aromatic carbocycles. The summed E-state index contributed by atoms with van der Waals surface area (Å²) in [5, 5.41) is 8.88. The molecule has 100 valence electrons. The van der Waals surface area contributed by atoms with Gasteiger partial charge < -0.3 is 20.5 Å². The van der Waals surface area contributed by atoms with Crippen molar-refractivity contribution in [2.45, 2.75) is 13.3 Å². The number of para-hydroxylation sites is 1. The van der Waals surface area contributed by atoms with Crippen LogP contribution < -0.4 is 10.6 Å². The van der Waals surface area contributed by atoms with Gasteiger partial charge in [-0.2, -0.15) is 0 Å². The molecule has 0 aliphatic heterocycles. The third-order valence-electron chi connectivity index (χ3n) is 2.80. The Morgan fingerprint density at radius 1 is 1.50 bits per heavy atom. The summed E-state index contributed by atoms with van der Waals surface area (Å²) in [4.78, 5) is 13.6. The molecule has 5 heteroatoms. The Morgan fingerprint density at radius 2 is 2.22 bits per heavy atom. The van der Waals surface area contributed by atoms with Gasteiger partial charge in [0.1, 0.15) is 0 Å². The molecule has 0 amide bonds. The Bertz CT molecular complexity index is 407. The smallest absolute Gasteiger partial charge is 0.340 e. The molecule has 0 bridgehead atoms. The zero-order chi connectivity index (χ0) is 13.5. The molecule has 0 aliphatic rings. The highest BCUT2D eigenvalue weighted by Gasteiger charge is 2.15. The summed E-state index contributed by atoms with van der Waals surface area (Å²) in [6.45, 7) is 3.59. The van der Waals surface area contributed by atoms with E-state index in [2.05, 4.69) is 4.74 Å². The van der Waals surface area contributed by atoms with Gasteiger partial charge in [0.2, 0.25) is 0 Å². The molecule has 0 saturated heterocycles. The van der Waals surface area contributed by atoms with E-state index in [-0.39, 0.29) is 6.61 Å². The third-order valence-corrected chi connectivity index (χ3v) is 2.80. The highest BCUT2D eigenvalue weighted by atomic mass is 16.5. The van der Waals surface area contributed by atoms with E-state index in [0.717, 1.165) is 12.2 Å². The Balaban J connectivity index is 3.04. The standard InChI is InChI=1S/C13H20N2O3/c1-3-15(8-5-9-16)11-7-4-6-10(12(11)14)13(17)18-2/h4,6-7,16H,3,5,8-9,14H2,1-2H3. The van der Waals surface area contributed by atoms with Crippen LogP contribution in [0.15, 0.2) is 18.2 Å². The van der Waals surface area contributed by atoms with Gasteiger partial charge in [0.15, 0.2) is 0 Å². The van der Waals surface area contributed by atoms with Gasteiger partial charge in [-0.3, -0.25) is 0 Å². The summed E-state index contributed by atoms with van der Waals surface area (Å²) >= 11 is 0. The maximum absolute atomic E-state index is 11.6. The van der Waals surface area contributed by atoms with E-state index in [1.165, 1.54) is 7.11 Å². The molecule has 1 aromatic rings. The number of carbonyl (C=O) groups excluding carboxylic acids is 1. The van der Waals surface area contributed by atoms with Crippen LogP contribution in [-0.2, 0) is 4.74 Å². The van der Waals surface area contributed by atoms with Crippen molar-refractivity contribution >= 4 is 17.3 Å². The molecule has 0 aromatic heterocycles. The molecule has 0 fully saturated rings. The number of nitrogens with two attached hydrogens (primary N) is 1. The van der Waals surface area contributed by atoms with Gasteiger partial charge in [-0.15, -0.1) is 0 Å². The number of rotatable bonds is 6. The van der Waals surface area contributed by atoms with Crippen LogP contribution in [0.25, 0.3) is 0 Å². The van der Waals surface area contributed by atoms with Crippen molar-refractivity contribution in [3.8, 4) is 0 Å². The molecule has 3 N–H and O–H groups in total. The fourth-order valence-corrected chi connectivity index (χ4v) is 1.83. The largest absolute Gasteiger partial charge is 0.465 e. The predicted octanol–water partition coefficient (Wildman–Crippen LogP) is 1.26. The lowest BCUT2D eigenvalue weighted by molar-refractivity contribution is 0.0602. The molecule has 0 unspecified atom stereocenters. The second-order valence-corrected chi connectivity index (χ2v) is 3.89. The molecular formula is C13H20N2O3. The highest BCUT2D eigenvalue weighted by Crippen LogP contribution is 2.27. The molecule has 0 atom stereocenters. The molecule has 0 saturated carbocycles. The zero-order valence-corrected chi connectivity index (χ0v) is 10.8. The van der Waals surface area contributed by atoms with Crippen LogP contribution in [-0.4, -0.2) is 37.9 Å². The molecule has 0 aliphatic carbocycles. The van der Waals surface area contributed by atoms with Crippen molar-refractivity contribution < 1.29 is 14.6 Å². The van der Waals surface area contributed by atoms with Gasteiger partial charge in [0.25, 0.3) is 0 Å². The fourth-order valence-electron chi connectivity index (χ4n) is 1.83. The third kappa shape index (κ3) is 3.13. The number of nitrogen functional groups attached to an aromatic ring is 1. The second kappa shape index (κ2) is 6.86. The number of hydrogen-bond acceptors (Lipinski definition) is 5. The normalized spacial score (nSPS) is 10.2. The summed E-state index contributed by atoms with van der Waals surface area (Å²) in [5.41, 5.74) is 7.60. The van der Waals surface area contributed by atoms with E-state index in [1.807, 2.05) is 17.9 Å². The molecule has 18 heavy (non-hydrogen) atoms. The summed E-state index contributed by atoms with van der Waals surface area (Å²) < 4.78 is 4.69. The summed E-state index contributed by atoms with van der Waals surface area (Å²) in [7, 11) is 1.33. The van der Waals surface area contributed by atoms with Crippen LogP contribution in [0.4, 0.5) is 11.4 Å². The molecule has 0 spiro atoms. The van der Waals surface area contributed by atoms with Crippen molar-refractivity contribution in [1.82, 2.24) is 0 Å². The second-order valence-electron chi connectivity index (χ2n) is 3.89. The minimum Gasteiger partial charge on any atom is -0.465 e. The van der Waals surface area contributed by atoms with Gasteiger partial charge in [-0.1, -0.05) is 6.07 Å². The van der Waals surface area contributed by atoms with E-state index in [4.69, 9.17) is 10.8 Å². The van der Waals surface area contributed by atoms with E-state index < -0.39 is 5.97 Å². The quantitative estimate of drug-likeness (QED) is 0.589. The Labute approximate surface area is 107 Å². The number of nitrogens with zero attached hydrogens (tertiary/aromatic N) is 1. The minimum atomic E-state index is -0.437. The van der Waals surface area contributed by atoms with E-state index in [1.54, 1.807) is 12.1 Å². The van der Waals surface area contributed by atoms with E-state index >= 15 is 0 Å². The maximum Gasteiger partial charge on any atom is 0.340 e. The first kappa shape index (κ1) is 14.3. The lowest BCUT2D eigenvalue weighted by Gasteiger charge is -2.25. The average molecular weight is 252 g/mol. The summed E-state index contributed by atoms with van der Waals surface area (Å²) in [6, 6.07) is 5.28. The van der Waals surface area contributed by atoms with Gasteiger partial charge in [0.05, 0.1) is 24.0 Å². The first-order valence-electron chi connectivity index (χ1n) is 5.98. The Kier molecular flexibility index (Phi) is 5.45. The first-order valence-corrected chi connectivity index (χ1v) is 5.98. The van der Waals surface area contributed by atoms with Crippen molar-refractivity contribution in [2.24, 2.45) is 0 Å². The van der Waals surface area contributed by atoms with Crippen molar-refractivity contribution in [1.29, 1.82) is 0 Å². The Morgan fingerprint density at radius 3 is 2.78 bits per heavy atom. The SMILES string of the molecule is CCN(CCCO)c1cccc(C(=O)OC)c1N. The van der Waals surface area contributed by atoms with Crippen molar-refractivity contribution in [3.63, 3.8) is 0 Å². The maximum atomic E-state index is 11.6. The van der Waals surface area contributed by atoms with E-state index in [0.29, 0.717) is 24.2 Å². The average Bonchev–Trinajstić information content (AvgIpc) is 2.40. The lowest BCUT2D eigenvalue weighted by atomic mass is 10.1. The summed E-state index contributed by atoms with van der Waals surface area (Å²) in [5.74, 6) is -0.437. The van der Waals surface area contributed by atoms with Crippen molar-refractivity contribution in [3.05, 3.63) is 23.8 Å². The predicted molar refractivity (Wildman–Crippen MR) is 71.8 cm³/mol. The number of aliphatic hydroxyl groups excluding tert-OH is 1. The van der Waals surface area contributed by atoms with Gasteiger partial charge in [-0.25, -0.2) is 4.79 Å². The fraction of sp³-hybridized carbons (Fsp3) is 0.462. The Hall–Kier alpha value is -1.75. The van der Waals surface area contributed by atoms with Gasteiger partial charge in [0, 0.05) is 19.7 Å². The minimum absolute atomic E-state index is 0.132. The van der Waals surface area contributed by atoms with Crippen molar-refractivity contribution in [2.75, 3.05) is 37.4 Å². The number of aliphatic hydroxyl groups is 1. The number of benzene rings is 1. The number of anilines is 2. The number of ether oxygens (including phenoxy) is 1. The van der Waals surface area contributed by atoms with Crippen LogP contribution in [0.5, 0.6) is 0 Å². The number of hydrogen-bond donors (Lipinski definition) is 2. The lowest BCUT2D eigenvalue weighted by Crippen LogP contribution is -2.26. The number of esters is 1. The molecular weight excluding hydrogens is 232 g/mol. The first-order chi connectivity index (χ1) is 8.65. The van der Waals surface area contributed by atoms with Crippen LogP contribution in [0, 0.1) is 0 Å². The van der Waals surface area contributed by atoms with Crippen LogP contribution in [0.2, 0.25) is 0 Å². The highest BCUT2D eigenvalue weighted by molar-refractivity contribution is 5.98. The van der Waals surface area contributed by atoms with Crippen LogP contribution in [0.1, 0.15) is 23.7 Å². The van der Waals surface area contributed by atoms with Gasteiger partial charge >= 0.3 is 5.97 Å². The molecule has 0 heterocycles. The number of methoxy groups -OCH3 is 1. The number of carbonyl (C=O) groups is 1.